The summed E-state index contributed by atoms with van der Waals surface area (Å²) in [6, 6.07) is 11.1. The number of nitrogens with zero attached hydrogens (tertiary/aromatic N) is 5. The molecule has 6 rings (SSSR count). The molecule has 0 bridgehead atoms. The Morgan fingerprint density at radius 3 is 2.50 bits per heavy atom. The molecule has 3 heterocycles. The Labute approximate surface area is 245 Å². The van der Waals surface area contributed by atoms with Crippen LogP contribution >= 0.6 is 0 Å². The number of benzene rings is 2. The molecule has 0 radical (unpaired) electrons. The molecule has 2 amide bonds. The molecule has 2 aromatic heterocycles. The summed E-state index contributed by atoms with van der Waals surface area (Å²) in [5.74, 6) is 0.189. The molecule has 4 aromatic rings. The number of hydrogen-bond acceptors (Lipinski definition) is 6. The van der Waals surface area contributed by atoms with E-state index in [1.165, 1.54) is 12.5 Å². The molecule has 42 heavy (non-hydrogen) atoms. The third-order valence-corrected chi connectivity index (χ3v) is 9.18. The van der Waals surface area contributed by atoms with Gasteiger partial charge in [-0.05, 0) is 80.3 Å². The molecule has 0 spiro atoms. The zero-order chi connectivity index (χ0) is 29.9. The number of aromatic nitrogens is 4. The van der Waals surface area contributed by atoms with Gasteiger partial charge >= 0.3 is 0 Å². The highest BCUT2D eigenvalue weighted by atomic mass is 16.2. The minimum Gasteiger partial charge on any atom is -0.348 e. The first-order chi connectivity index (χ1) is 20.0. The topological polar surface area (TPSA) is 110 Å². The van der Waals surface area contributed by atoms with Gasteiger partial charge in [0, 0.05) is 36.3 Å². The second kappa shape index (κ2) is 10.2. The van der Waals surface area contributed by atoms with Crippen molar-refractivity contribution in [2.75, 3.05) is 0 Å². The Hall–Kier alpha value is -4.40. The molecule has 1 saturated carbocycles. The van der Waals surface area contributed by atoms with Crippen LogP contribution in [0.4, 0.5) is 0 Å². The van der Waals surface area contributed by atoms with Gasteiger partial charge in [-0.3, -0.25) is 19.1 Å². The van der Waals surface area contributed by atoms with Gasteiger partial charge in [-0.1, -0.05) is 31.2 Å². The molecule has 2 fully saturated rings. The van der Waals surface area contributed by atoms with Crippen LogP contribution in [0.1, 0.15) is 72.7 Å². The number of amides is 2. The molecular weight excluding hydrogens is 528 g/mol. The standard InChI is InChI=1S/C33H36N6O3/c1-18-8-7-9-25(19(18)2)20(3)36-32(42)28-13-33(6)14-29(33)39(28)30(41)17-38-27-11-10-23(24-15-34-22(5)35-16-24)12-26(27)31(37-38)21(4)40/h7-12,15-16,20,28-29H,13-14,17H2,1-6H3,(H,36,42)/t20-,28-,29+,33-/m0/s1. The summed E-state index contributed by atoms with van der Waals surface area (Å²) in [5.41, 5.74) is 6.04. The van der Waals surface area contributed by atoms with E-state index in [1.807, 2.05) is 44.2 Å². The quantitative estimate of drug-likeness (QED) is 0.321. The van der Waals surface area contributed by atoms with E-state index < -0.39 is 6.04 Å². The van der Waals surface area contributed by atoms with Crippen LogP contribution in [0.25, 0.3) is 22.0 Å². The van der Waals surface area contributed by atoms with Crippen molar-refractivity contribution in [1.82, 2.24) is 30.0 Å². The first-order valence-corrected chi connectivity index (χ1v) is 14.4. The highest BCUT2D eigenvalue weighted by Crippen LogP contribution is 2.59. The summed E-state index contributed by atoms with van der Waals surface area (Å²) >= 11 is 0. The maximum Gasteiger partial charge on any atom is 0.245 e. The van der Waals surface area contributed by atoms with Gasteiger partial charge in [0.05, 0.1) is 11.6 Å². The number of likely N-dealkylation sites (tertiary alicyclic amines) is 1. The van der Waals surface area contributed by atoms with Gasteiger partial charge in [0.25, 0.3) is 0 Å². The van der Waals surface area contributed by atoms with Gasteiger partial charge in [0.15, 0.2) is 5.78 Å². The van der Waals surface area contributed by atoms with Gasteiger partial charge in [-0.25, -0.2) is 9.97 Å². The van der Waals surface area contributed by atoms with Crippen LogP contribution in [0, 0.1) is 26.2 Å². The average Bonchev–Trinajstić information content (AvgIpc) is 3.32. The maximum atomic E-state index is 13.9. The SMILES string of the molecule is CC(=O)c1nn(CC(=O)N2[C@H](C(=O)N[C@@H](C)c3cccc(C)c3C)C[C@@]3(C)C[C@@H]23)c2ccc(-c3cnc(C)nc3)cc12. The molecular formula is C33H36N6O3. The van der Waals surface area contributed by atoms with E-state index in [2.05, 4.69) is 47.2 Å². The predicted octanol–water partition coefficient (Wildman–Crippen LogP) is 4.88. The van der Waals surface area contributed by atoms with Crippen molar-refractivity contribution in [3.63, 3.8) is 0 Å². The van der Waals surface area contributed by atoms with Crippen molar-refractivity contribution < 1.29 is 14.4 Å². The molecule has 216 valence electrons. The molecule has 9 nitrogen and oxygen atoms in total. The normalized spacial score (nSPS) is 21.7. The Balaban J connectivity index is 1.26. The zero-order valence-corrected chi connectivity index (χ0v) is 24.9. The van der Waals surface area contributed by atoms with Crippen molar-refractivity contribution in [2.45, 2.75) is 79.1 Å². The number of hydrogen-bond donors (Lipinski definition) is 1. The molecule has 9 heteroatoms. The summed E-state index contributed by atoms with van der Waals surface area (Å²) in [6.07, 6.45) is 5.01. The fourth-order valence-corrected chi connectivity index (χ4v) is 6.48. The lowest BCUT2D eigenvalue weighted by atomic mass is 9.97. The van der Waals surface area contributed by atoms with Crippen molar-refractivity contribution in [3.05, 3.63) is 77.0 Å². The summed E-state index contributed by atoms with van der Waals surface area (Å²) in [6.45, 7) is 11.5. The third kappa shape index (κ3) is 4.76. The maximum absolute atomic E-state index is 13.9. The lowest BCUT2D eigenvalue weighted by Gasteiger charge is -2.28. The van der Waals surface area contributed by atoms with Crippen molar-refractivity contribution in [3.8, 4) is 11.1 Å². The van der Waals surface area contributed by atoms with Crippen molar-refractivity contribution in [1.29, 1.82) is 0 Å². The number of piperidine rings is 1. The third-order valence-electron chi connectivity index (χ3n) is 9.18. The molecule has 1 aliphatic heterocycles. The van der Waals surface area contributed by atoms with Crippen LogP contribution in [0.15, 0.2) is 48.8 Å². The highest BCUT2D eigenvalue weighted by molar-refractivity contribution is 6.06. The molecule has 0 unspecified atom stereocenters. The van der Waals surface area contributed by atoms with Crippen LogP contribution in [-0.2, 0) is 16.1 Å². The van der Waals surface area contributed by atoms with Gasteiger partial charge in [-0.15, -0.1) is 0 Å². The van der Waals surface area contributed by atoms with E-state index in [1.54, 1.807) is 22.0 Å². The monoisotopic (exact) mass is 564 g/mol. The largest absolute Gasteiger partial charge is 0.348 e. The van der Waals surface area contributed by atoms with E-state index in [9.17, 15) is 14.4 Å². The molecule has 2 aromatic carbocycles. The van der Waals surface area contributed by atoms with E-state index in [-0.39, 0.29) is 41.6 Å². The lowest BCUT2D eigenvalue weighted by Crippen LogP contribution is -2.49. The highest BCUT2D eigenvalue weighted by Gasteiger charge is 2.64. The Morgan fingerprint density at radius 1 is 1.05 bits per heavy atom. The van der Waals surface area contributed by atoms with E-state index in [4.69, 9.17) is 0 Å². The predicted molar refractivity (Wildman–Crippen MR) is 160 cm³/mol. The van der Waals surface area contributed by atoms with Crippen molar-refractivity contribution >= 4 is 28.5 Å². The molecule has 1 saturated heterocycles. The lowest BCUT2D eigenvalue weighted by molar-refractivity contribution is -0.140. The number of fused-ring (bicyclic) bond motifs is 2. The zero-order valence-electron chi connectivity index (χ0n) is 24.9. The van der Waals surface area contributed by atoms with E-state index >= 15 is 0 Å². The van der Waals surface area contributed by atoms with Crippen LogP contribution in [0.2, 0.25) is 0 Å². The Morgan fingerprint density at radius 2 is 1.79 bits per heavy atom. The fourth-order valence-electron chi connectivity index (χ4n) is 6.48. The number of ketones is 1. The summed E-state index contributed by atoms with van der Waals surface area (Å²) in [4.78, 5) is 50.4. The number of nitrogens with one attached hydrogen (secondary N) is 1. The van der Waals surface area contributed by atoms with Gasteiger partial charge in [-0.2, -0.15) is 5.10 Å². The molecule has 4 atom stereocenters. The van der Waals surface area contributed by atoms with Crippen LogP contribution < -0.4 is 5.32 Å². The van der Waals surface area contributed by atoms with Gasteiger partial charge in [0.2, 0.25) is 11.8 Å². The van der Waals surface area contributed by atoms with Crippen LogP contribution in [0.3, 0.4) is 0 Å². The second-order valence-electron chi connectivity index (χ2n) is 12.2. The number of aryl methyl sites for hydroxylation is 2. The first kappa shape index (κ1) is 27.8. The fraction of sp³-hybridized carbons (Fsp3) is 0.394. The number of carbonyl (C=O) groups excluding carboxylic acids is 3. The van der Waals surface area contributed by atoms with Gasteiger partial charge < -0.3 is 10.2 Å². The average molecular weight is 565 g/mol. The van der Waals surface area contributed by atoms with E-state index in [0.29, 0.717) is 28.8 Å². The molecule has 1 aliphatic carbocycles. The van der Waals surface area contributed by atoms with Crippen molar-refractivity contribution in [2.24, 2.45) is 5.41 Å². The second-order valence-corrected chi connectivity index (χ2v) is 12.2. The summed E-state index contributed by atoms with van der Waals surface area (Å²) in [7, 11) is 0. The van der Waals surface area contributed by atoms with Crippen LogP contribution in [0.5, 0.6) is 0 Å². The Bertz CT molecular complexity index is 1740. The molecule has 2 aliphatic rings. The molecule has 1 N–H and O–H groups in total. The van der Waals surface area contributed by atoms with E-state index in [0.717, 1.165) is 28.7 Å². The summed E-state index contributed by atoms with van der Waals surface area (Å²) < 4.78 is 1.59. The first-order valence-electron chi connectivity index (χ1n) is 14.4. The minimum absolute atomic E-state index is 0.0269. The van der Waals surface area contributed by atoms with Gasteiger partial charge in [0.1, 0.15) is 24.1 Å². The minimum atomic E-state index is -0.545. The summed E-state index contributed by atoms with van der Waals surface area (Å²) in [5, 5.41) is 8.41. The van der Waals surface area contributed by atoms with Crippen LogP contribution in [-0.4, -0.2) is 54.3 Å². The smallest absolute Gasteiger partial charge is 0.245 e. The number of carbonyl (C=O) groups is 3. The number of Topliss-reactive ketones (excluding diaryl/α,β-unsaturated/α-hetero) is 1. The Kier molecular flexibility index (Phi) is 6.71. The number of rotatable bonds is 7.